The first-order chi connectivity index (χ1) is 7.18. The van der Waals surface area contributed by atoms with Crippen LogP contribution in [0.5, 0.6) is 0 Å². The van der Waals surface area contributed by atoms with Gasteiger partial charge in [-0.15, -0.1) is 11.3 Å². The van der Waals surface area contributed by atoms with Crippen LogP contribution in [0.2, 0.25) is 0 Å². The summed E-state index contributed by atoms with van der Waals surface area (Å²) in [5.74, 6) is -0.399. The molecule has 1 unspecified atom stereocenters. The van der Waals surface area contributed by atoms with Gasteiger partial charge in [-0.2, -0.15) is 0 Å². The van der Waals surface area contributed by atoms with Crippen molar-refractivity contribution in [1.29, 1.82) is 0 Å². The number of pyridine rings is 1. The third-order valence-electron chi connectivity index (χ3n) is 1.91. The number of nitrogens with zero attached hydrogens (tertiary/aromatic N) is 2. The fourth-order valence-corrected chi connectivity index (χ4v) is 2.03. The van der Waals surface area contributed by atoms with Crippen LogP contribution in [-0.2, 0) is 0 Å². The largest absolute Gasteiger partial charge is 0.387 e. The molecular formula is C10H9FN2OS. The van der Waals surface area contributed by atoms with Crippen LogP contribution in [0.3, 0.4) is 0 Å². The SMILES string of the molecule is CC(O)c1csc(-c2ncccc2F)n1. The maximum Gasteiger partial charge on any atom is 0.151 e. The molecule has 78 valence electrons. The quantitative estimate of drug-likeness (QED) is 0.852. The first-order valence-corrected chi connectivity index (χ1v) is 5.31. The molecule has 0 radical (unpaired) electrons. The predicted octanol–water partition coefficient (Wildman–Crippen LogP) is 2.40. The summed E-state index contributed by atoms with van der Waals surface area (Å²) in [5.41, 5.74) is 0.773. The zero-order valence-corrected chi connectivity index (χ0v) is 8.83. The number of hydrogen-bond acceptors (Lipinski definition) is 4. The van der Waals surface area contributed by atoms with Crippen LogP contribution in [-0.4, -0.2) is 15.1 Å². The molecule has 3 nitrogen and oxygen atoms in total. The lowest BCUT2D eigenvalue weighted by atomic mass is 10.3. The van der Waals surface area contributed by atoms with Crippen molar-refractivity contribution in [1.82, 2.24) is 9.97 Å². The number of rotatable bonds is 2. The fourth-order valence-electron chi connectivity index (χ4n) is 1.13. The maximum atomic E-state index is 13.3. The van der Waals surface area contributed by atoms with Crippen molar-refractivity contribution in [2.75, 3.05) is 0 Å². The van der Waals surface area contributed by atoms with E-state index in [-0.39, 0.29) is 5.69 Å². The van der Waals surface area contributed by atoms with Gasteiger partial charge in [-0.1, -0.05) is 0 Å². The smallest absolute Gasteiger partial charge is 0.151 e. The Bertz CT molecular complexity index is 470. The minimum Gasteiger partial charge on any atom is -0.387 e. The van der Waals surface area contributed by atoms with E-state index in [0.29, 0.717) is 10.7 Å². The van der Waals surface area contributed by atoms with E-state index in [1.807, 2.05) is 0 Å². The summed E-state index contributed by atoms with van der Waals surface area (Å²) in [7, 11) is 0. The number of hydrogen-bond donors (Lipinski definition) is 1. The minimum absolute atomic E-state index is 0.231. The minimum atomic E-state index is -0.637. The fraction of sp³-hybridized carbons (Fsp3) is 0.200. The van der Waals surface area contributed by atoms with E-state index in [0.717, 1.165) is 0 Å². The highest BCUT2D eigenvalue weighted by Crippen LogP contribution is 2.26. The summed E-state index contributed by atoms with van der Waals surface area (Å²) in [5, 5.41) is 11.5. The van der Waals surface area contributed by atoms with Gasteiger partial charge < -0.3 is 5.11 Å². The number of halogens is 1. The Kier molecular flexibility index (Phi) is 2.75. The molecule has 5 heteroatoms. The maximum absolute atomic E-state index is 13.3. The Labute approximate surface area is 90.3 Å². The molecule has 1 atom stereocenters. The molecule has 15 heavy (non-hydrogen) atoms. The van der Waals surface area contributed by atoms with Crippen molar-refractivity contribution in [3.8, 4) is 10.7 Å². The van der Waals surface area contributed by atoms with E-state index >= 15 is 0 Å². The van der Waals surface area contributed by atoms with Gasteiger partial charge >= 0.3 is 0 Å². The first-order valence-electron chi connectivity index (χ1n) is 4.43. The second kappa shape index (κ2) is 4.04. The predicted molar refractivity (Wildman–Crippen MR) is 55.9 cm³/mol. The lowest BCUT2D eigenvalue weighted by Gasteiger charge is -1.98. The van der Waals surface area contributed by atoms with Crippen LogP contribution in [0.15, 0.2) is 23.7 Å². The highest BCUT2D eigenvalue weighted by atomic mass is 32.1. The van der Waals surface area contributed by atoms with Crippen LogP contribution < -0.4 is 0 Å². The molecule has 2 aromatic rings. The molecule has 1 N–H and O–H groups in total. The molecule has 0 aromatic carbocycles. The summed E-state index contributed by atoms with van der Waals surface area (Å²) in [6.45, 7) is 1.62. The lowest BCUT2D eigenvalue weighted by molar-refractivity contribution is 0.195. The molecule has 0 bridgehead atoms. The third kappa shape index (κ3) is 2.03. The molecule has 0 aliphatic rings. The first kappa shape index (κ1) is 10.2. The number of aromatic nitrogens is 2. The Balaban J connectivity index is 2.42. The molecule has 0 saturated carbocycles. The van der Waals surface area contributed by atoms with Crippen LogP contribution in [0.1, 0.15) is 18.7 Å². The van der Waals surface area contributed by atoms with Gasteiger partial charge in [0.05, 0.1) is 11.8 Å². The van der Waals surface area contributed by atoms with E-state index < -0.39 is 11.9 Å². The van der Waals surface area contributed by atoms with E-state index in [9.17, 15) is 9.50 Å². The summed E-state index contributed by atoms with van der Waals surface area (Å²) in [6, 6.07) is 2.87. The Morgan fingerprint density at radius 2 is 2.33 bits per heavy atom. The topological polar surface area (TPSA) is 46.0 Å². The van der Waals surface area contributed by atoms with Crippen LogP contribution >= 0.6 is 11.3 Å². The summed E-state index contributed by atoms with van der Waals surface area (Å²) >= 11 is 1.27. The van der Waals surface area contributed by atoms with Gasteiger partial charge in [0.25, 0.3) is 0 Å². The molecule has 2 aromatic heterocycles. The van der Waals surface area contributed by atoms with Gasteiger partial charge in [0, 0.05) is 11.6 Å². The number of aliphatic hydroxyl groups excluding tert-OH is 1. The van der Waals surface area contributed by atoms with Gasteiger partial charge in [-0.25, -0.2) is 9.37 Å². The highest BCUT2D eigenvalue weighted by molar-refractivity contribution is 7.13. The van der Waals surface area contributed by atoms with Gasteiger partial charge in [-0.3, -0.25) is 4.98 Å². The van der Waals surface area contributed by atoms with Crippen molar-refractivity contribution in [3.05, 3.63) is 35.2 Å². The molecule has 0 aliphatic heterocycles. The average molecular weight is 224 g/mol. The van der Waals surface area contributed by atoms with E-state index in [1.54, 1.807) is 12.3 Å². The molecule has 0 saturated heterocycles. The van der Waals surface area contributed by atoms with Crippen molar-refractivity contribution in [2.24, 2.45) is 0 Å². The van der Waals surface area contributed by atoms with Crippen molar-refractivity contribution in [2.45, 2.75) is 13.0 Å². The monoisotopic (exact) mass is 224 g/mol. The van der Waals surface area contributed by atoms with Gasteiger partial charge in [-0.05, 0) is 19.1 Å². The Morgan fingerprint density at radius 3 is 2.93 bits per heavy atom. The summed E-state index contributed by atoms with van der Waals surface area (Å²) in [4.78, 5) is 8.02. The molecule has 2 heterocycles. The van der Waals surface area contributed by atoms with Crippen LogP contribution in [0.25, 0.3) is 10.7 Å². The zero-order chi connectivity index (χ0) is 10.8. The van der Waals surface area contributed by atoms with E-state index in [4.69, 9.17) is 0 Å². The van der Waals surface area contributed by atoms with Gasteiger partial charge in [0.1, 0.15) is 10.7 Å². The summed E-state index contributed by atoms with van der Waals surface area (Å²) < 4.78 is 13.3. The standard InChI is InChI=1S/C10H9FN2OS/c1-6(14)8-5-15-10(13-8)9-7(11)3-2-4-12-9/h2-6,14H,1H3. The molecule has 0 aliphatic carbocycles. The number of aliphatic hydroxyl groups is 1. The van der Waals surface area contributed by atoms with Crippen molar-refractivity contribution < 1.29 is 9.50 Å². The normalized spacial score (nSPS) is 12.7. The van der Waals surface area contributed by atoms with E-state index in [2.05, 4.69) is 9.97 Å². The molecular weight excluding hydrogens is 215 g/mol. The molecule has 2 rings (SSSR count). The second-order valence-corrected chi connectivity index (χ2v) is 3.95. The summed E-state index contributed by atoms with van der Waals surface area (Å²) in [6.07, 6.45) is 0.878. The average Bonchev–Trinajstić information content (AvgIpc) is 2.67. The number of thiazole rings is 1. The Hall–Kier alpha value is -1.33. The second-order valence-electron chi connectivity index (χ2n) is 3.09. The van der Waals surface area contributed by atoms with Gasteiger partial charge in [0.15, 0.2) is 5.82 Å². The van der Waals surface area contributed by atoms with Gasteiger partial charge in [0.2, 0.25) is 0 Å². The van der Waals surface area contributed by atoms with Crippen LogP contribution in [0.4, 0.5) is 4.39 Å². The molecule has 0 fully saturated rings. The highest BCUT2D eigenvalue weighted by Gasteiger charge is 2.12. The lowest BCUT2D eigenvalue weighted by Crippen LogP contribution is -1.92. The third-order valence-corrected chi connectivity index (χ3v) is 2.78. The zero-order valence-electron chi connectivity index (χ0n) is 8.01. The molecule has 0 amide bonds. The van der Waals surface area contributed by atoms with Crippen LogP contribution in [0, 0.1) is 5.82 Å². The molecule has 0 spiro atoms. The van der Waals surface area contributed by atoms with E-state index in [1.165, 1.54) is 29.7 Å². The Morgan fingerprint density at radius 1 is 1.53 bits per heavy atom. The van der Waals surface area contributed by atoms with Crippen molar-refractivity contribution >= 4 is 11.3 Å². The van der Waals surface area contributed by atoms with Crippen molar-refractivity contribution in [3.63, 3.8) is 0 Å².